The Kier molecular flexibility index (Phi) is 5.81. The molecule has 1 aliphatic heterocycles. The Morgan fingerprint density at radius 1 is 1.06 bits per heavy atom. The molecule has 0 unspecified atom stereocenters. The molecule has 6 heteroatoms. The first-order valence-corrected chi connectivity index (χ1v) is 11.6. The molecule has 1 aliphatic carbocycles. The van der Waals surface area contributed by atoms with Crippen molar-refractivity contribution < 1.29 is 14.3 Å². The molecule has 0 fully saturated rings. The summed E-state index contributed by atoms with van der Waals surface area (Å²) in [6.07, 6.45) is 2.43. The van der Waals surface area contributed by atoms with Gasteiger partial charge in [-0.25, -0.2) is 0 Å². The summed E-state index contributed by atoms with van der Waals surface area (Å²) < 4.78 is 6.02. The summed E-state index contributed by atoms with van der Waals surface area (Å²) in [5.41, 5.74) is 4.44. The zero-order valence-electron chi connectivity index (χ0n) is 18.4. The van der Waals surface area contributed by atoms with Crippen molar-refractivity contribution in [3.63, 3.8) is 0 Å². The lowest BCUT2D eigenvalue weighted by Gasteiger charge is -2.35. The van der Waals surface area contributed by atoms with Gasteiger partial charge in [0.15, 0.2) is 6.10 Å². The first-order valence-electron chi connectivity index (χ1n) is 11.2. The number of rotatable bonds is 3. The number of carbonyl (C=O) groups is 2. The number of fused-ring (bicyclic) bond motifs is 2. The summed E-state index contributed by atoms with van der Waals surface area (Å²) in [7, 11) is 0. The first kappa shape index (κ1) is 21.5. The van der Waals surface area contributed by atoms with Gasteiger partial charge >= 0.3 is 0 Å². The number of benzene rings is 3. The molecule has 1 heterocycles. The molecule has 0 spiro atoms. The molecular formula is C27H25ClN2O3. The number of nitrogens with zero attached hydrogens (tertiary/aromatic N) is 1. The van der Waals surface area contributed by atoms with E-state index >= 15 is 0 Å². The molecule has 1 N–H and O–H groups in total. The second-order valence-electron chi connectivity index (χ2n) is 8.59. The SMILES string of the molecule is C[C@H]1Oc2ccc(NC(=O)c3ccccc3Cl)cc2CN([C@@H]2CCCc3ccccc32)C1=O. The van der Waals surface area contributed by atoms with Crippen molar-refractivity contribution in [1.82, 2.24) is 4.90 Å². The molecule has 0 saturated carbocycles. The van der Waals surface area contributed by atoms with E-state index in [0.29, 0.717) is 28.6 Å². The predicted octanol–water partition coefficient (Wildman–Crippen LogP) is 5.78. The summed E-state index contributed by atoms with van der Waals surface area (Å²) in [5, 5.41) is 3.32. The van der Waals surface area contributed by atoms with Crippen LogP contribution in [0.5, 0.6) is 5.75 Å². The molecule has 0 saturated heterocycles. The van der Waals surface area contributed by atoms with Gasteiger partial charge in [0.1, 0.15) is 5.75 Å². The zero-order chi connectivity index (χ0) is 22.9. The third kappa shape index (κ3) is 4.21. The van der Waals surface area contributed by atoms with Crippen LogP contribution in [0.3, 0.4) is 0 Å². The van der Waals surface area contributed by atoms with Gasteiger partial charge in [-0.1, -0.05) is 48.0 Å². The van der Waals surface area contributed by atoms with E-state index in [-0.39, 0.29) is 17.9 Å². The molecule has 2 atom stereocenters. The number of carbonyl (C=O) groups excluding carboxylic acids is 2. The van der Waals surface area contributed by atoms with Crippen LogP contribution in [-0.2, 0) is 17.8 Å². The second-order valence-corrected chi connectivity index (χ2v) is 9.00. The van der Waals surface area contributed by atoms with Crippen molar-refractivity contribution in [2.45, 2.75) is 44.9 Å². The van der Waals surface area contributed by atoms with Gasteiger partial charge < -0.3 is 15.0 Å². The molecule has 3 aromatic rings. The molecular weight excluding hydrogens is 436 g/mol. The number of hydrogen-bond acceptors (Lipinski definition) is 3. The molecule has 168 valence electrons. The van der Waals surface area contributed by atoms with Crippen LogP contribution >= 0.6 is 11.6 Å². The minimum absolute atomic E-state index is 0.0147. The molecule has 0 radical (unpaired) electrons. The summed E-state index contributed by atoms with van der Waals surface area (Å²) in [5.74, 6) is 0.366. The first-order chi connectivity index (χ1) is 16.0. The smallest absolute Gasteiger partial charge is 0.264 e. The van der Waals surface area contributed by atoms with E-state index < -0.39 is 6.10 Å². The monoisotopic (exact) mass is 460 g/mol. The maximum absolute atomic E-state index is 13.3. The third-order valence-corrected chi connectivity index (χ3v) is 6.76. The largest absolute Gasteiger partial charge is 0.481 e. The molecule has 5 nitrogen and oxygen atoms in total. The topological polar surface area (TPSA) is 58.6 Å². The van der Waals surface area contributed by atoms with Crippen LogP contribution in [0, 0.1) is 0 Å². The van der Waals surface area contributed by atoms with Crippen LogP contribution in [0.25, 0.3) is 0 Å². The van der Waals surface area contributed by atoms with Crippen LogP contribution in [0.1, 0.15) is 52.9 Å². The quantitative estimate of drug-likeness (QED) is 0.539. The van der Waals surface area contributed by atoms with Crippen molar-refractivity contribution in [2.24, 2.45) is 0 Å². The van der Waals surface area contributed by atoms with Gasteiger partial charge in [-0.15, -0.1) is 0 Å². The Labute approximate surface area is 198 Å². The van der Waals surface area contributed by atoms with Gasteiger partial charge in [-0.05, 0) is 67.6 Å². The van der Waals surface area contributed by atoms with E-state index in [0.717, 1.165) is 24.8 Å². The average Bonchev–Trinajstić information content (AvgIpc) is 2.95. The Hall–Kier alpha value is -3.31. The molecule has 2 amide bonds. The zero-order valence-corrected chi connectivity index (χ0v) is 19.1. The number of amides is 2. The number of nitrogens with one attached hydrogen (secondary N) is 1. The lowest BCUT2D eigenvalue weighted by molar-refractivity contribution is -0.140. The highest BCUT2D eigenvalue weighted by molar-refractivity contribution is 6.34. The number of halogens is 1. The Morgan fingerprint density at radius 3 is 2.70 bits per heavy atom. The standard InChI is InChI=1S/C27H25ClN2O3/c1-17-27(32)30(24-12-6-8-18-7-2-3-9-21(18)24)16-19-15-20(13-14-25(19)33-17)29-26(31)22-10-4-5-11-23(22)28/h2-5,7,9-11,13-15,17,24H,6,8,12,16H2,1H3,(H,29,31)/t17-,24-/m1/s1. The van der Waals surface area contributed by atoms with E-state index in [9.17, 15) is 9.59 Å². The molecule has 0 bridgehead atoms. The fourth-order valence-corrected chi connectivity index (χ4v) is 5.01. The van der Waals surface area contributed by atoms with Crippen molar-refractivity contribution in [1.29, 1.82) is 0 Å². The van der Waals surface area contributed by atoms with Crippen molar-refractivity contribution in [3.8, 4) is 5.75 Å². The Balaban J connectivity index is 1.45. The van der Waals surface area contributed by atoms with E-state index in [1.807, 2.05) is 23.1 Å². The fraction of sp³-hybridized carbons (Fsp3) is 0.259. The van der Waals surface area contributed by atoms with Crippen LogP contribution in [0.4, 0.5) is 5.69 Å². The number of anilines is 1. The maximum atomic E-state index is 13.3. The van der Waals surface area contributed by atoms with Crippen LogP contribution < -0.4 is 10.1 Å². The third-order valence-electron chi connectivity index (χ3n) is 6.43. The van der Waals surface area contributed by atoms with Crippen LogP contribution in [0.2, 0.25) is 5.02 Å². The van der Waals surface area contributed by atoms with Gasteiger partial charge in [0.25, 0.3) is 11.8 Å². The van der Waals surface area contributed by atoms with Gasteiger partial charge in [0.2, 0.25) is 0 Å². The fourth-order valence-electron chi connectivity index (χ4n) is 4.79. The number of ether oxygens (including phenoxy) is 1. The van der Waals surface area contributed by atoms with Gasteiger partial charge in [0, 0.05) is 11.3 Å². The lowest BCUT2D eigenvalue weighted by Crippen LogP contribution is -2.41. The maximum Gasteiger partial charge on any atom is 0.264 e. The number of hydrogen-bond donors (Lipinski definition) is 1. The lowest BCUT2D eigenvalue weighted by atomic mass is 9.86. The minimum atomic E-state index is -0.580. The van der Waals surface area contributed by atoms with Crippen LogP contribution in [0.15, 0.2) is 66.7 Å². The molecule has 5 rings (SSSR count). The van der Waals surface area contributed by atoms with Crippen LogP contribution in [-0.4, -0.2) is 22.8 Å². The van der Waals surface area contributed by atoms with E-state index in [4.69, 9.17) is 16.3 Å². The second kappa shape index (κ2) is 8.91. The summed E-state index contributed by atoms with van der Waals surface area (Å²) in [6, 6.07) is 20.8. The van der Waals surface area contributed by atoms with Gasteiger partial charge in [-0.2, -0.15) is 0 Å². The highest BCUT2D eigenvalue weighted by Gasteiger charge is 2.35. The summed E-state index contributed by atoms with van der Waals surface area (Å²) in [4.78, 5) is 28.0. The van der Waals surface area contributed by atoms with E-state index in [1.165, 1.54) is 11.1 Å². The van der Waals surface area contributed by atoms with Gasteiger partial charge in [0.05, 0.1) is 23.2 Å². The Morgan fingerprint density at radius 2 is 1.85 bits per heavy atom. The van der Waals surface area contributed by atoms with E-state index in [2.05, 4.69) is 23.5 Å². The normalized spacial score (nSPS) is 19.7. The average molecular weight is 461 g/mol. The number of aryl methyl sites for hydroxylation is 1. The molecule has 0 aromatic heterocycles. The summed E-state index contributed by atoms with van der Waals surface area (Å²) >= 11 is 6.18. The van der Waals surface area contributed by atoms with Crippen molar-refractivity contribution >= 4 is 29.1 Å². The highest BCUT2D eigenvalue weighted by atomic mass is 35.5. The van der Waals surface area contributed by atoms with Crippen molar-refractivity contribution in [2.75, 3.05) is 5.32 Å². The summed E-state index contributed by atoms with van der Waals surface area (Å²) in [6.45, 7) is 2.22. The van der Waals surface area contributed by atoms with Gasteiger partial charge in [-0.3, -0.25) is 9.59 Å². The van der Waals surface area contributed by atoms with E-state index in [1.54, 1.807) is 37.3 Å². The predicted molar refractivity (Wildman–Crippen MR) is 129 cm³/mol. The highest BCUT2D eigenvalue weighted by Crippen LogP contribution is 2.38. The minimum Gasteiger partial charge on any atom is -0.481 e. The molecule has 3 aromatic carbocycles. The Bertz CT molecular complexity index is 1230. The van der Waals surface area contributed by atoms with Crippen molar-refractivity contribution in [3.05, 3.63) is 94.0 Å². The molecule has 33 heavy (non-hydrogen) atoms. The molecule has 2 aliphatic rings.